The first kappa shape index (κ1) is 36.2. The van der Waals surface area contributed by atoms with Crippen LogP contribution in [0.2, 0.25) is 10.0 Å². The van der Waals surface area contributed by atoms with Crippen molar-refractivity contribution in [2.24, 2.45) is 0 Å². The Balaban J connectivity index is 1.61. The molecule has 1 aliphatic carbocycles. The zero-order chi connectivity index (χ0) is 35.2. The van der Waals surface area contributed by atoms with Crippen LogP contribution in [-0.4, -0.2) is 43.8 Å². The van der Waals surface area contributed by atoms with Crippen LogP contribution < -0.4 is 9.62 Å². The first-order valence-electron chi connectivity index (χ1n) is 15.7. The van der Waals surface area contributed by atoms with E-state index in [9.17, 15) is 31.2 Å². The molecule has 4 aromatic rings. The summed E-state index contributed by atoms with van der Waals surface area (Å²) in [6.45, 7) is -1.13. The molecule has 0 aromatic heterocycles. The predicted octanol–water partition coefficient (Wildman–Crippen LogP) is 7.91. The molecule has 7 nitrogen and oxygen atoms in total. The van der Waals surface area contributed by atoms with E-state index in [1.807, 2.05) is 18.2 Å². The van der Waals surface area contributed by atoms with E-state index < -0.39 is 46.2 Å². The molecule has 13 heteroatoms. The fraction of sp³-hybridized carbons (Fsp3) is 0.278. The molecular formula is C36H34Cl2F3N3O4S. The van der Waals surface area contributed by atoms with E-state index >= 15 is 0 Å². The van der Waals surface area contributed by atoms with Crippen molar-refractivity contribution in [2.45, 2.75) is 61.8 Å². The smallest absolute Gasteiger partial charge is 0.352 e. The lowest BCUT2D eigenvalue weighted by Crippen LogP contribution is -2.54. The van der Waals surface area contributed by atoms with Gasteiger partial charge in [-0.15, -0.1) is 0 Å². The highest BCUT2D eigenvalue weighted by Crippen LogP contribution is 2.34. The van der Waals surface area contributed by atoms with Crippen LogP contribution in [0.3, 0.4) is 0 Å². The zero-order valence-corrected chi connectivity index (χ0v) is 28.6. The van der Waals surface area contributed by atoms with Gasteiger partial charge in [0, 0.05) is 29.1 Å². The standard InChI is InChI=1S/C36H34Cl2F3N3O4S/c37-28-19-18-26(32(38)22-28)23-43(33(20-25-10-3-1-4-11-25)35(46)42-29-13-7-8-14-29)34(45)24-44(49(47,48)31-16-5-2-6-17-31)30-15-9-12-27(21-30)36(39,40)41/h1-6,9-12,15-19,21-22,29,33H,7-8,13-14,20,23-24H2,(H,42,46)/t33-/m1/s1. The number of anilines is 1. The molecule has 1 N–H and O–H groups in total. The largest absolute Gasteiger partial charge is 0.416 e. The maximum Gasteiger partial charge on any atom is 0.416 e. The van der Waals surface area contributed by atoms with E-state index in [-0.39, 0.29) is 34.6 Å². The fourth-order valence-electron chi connectivity index (χ4n) is 5.84. The third kappa shape index (κ3) is 9.14. The summed E-state index contributed by atoms with van der Waals surface area (Å²) >= 11 is 12.7. The van der Waals surface area contributed by atoms with E-state index in [0.29, 0.717) is 21.0 Å². The van der Waals surface area contributed by atoms with Gasteiger partial charge in [-0.1, -0.05) is 96.7 Å². The van der Waals surface area contributed by atoms with Crippen LogP contribution in [0.1, 0.15) is 42.4 Å². The maximum atomic E-state index is 14.6. The van der Waals surface area contributed by atoms with Crippen molar-refractivity contribution in [1.82, 2.24) is 10.2 Å². The summed E-state index contributed by atoms with van der Waals surface area (Å²) < 4.78 is 70.2. The first-order valence-corrected chi connectivity index (χ1v) is 17.9. The Morgan fingerprint density at radius 2 is 1.51 bits per heavy atom. The summed E-state index contributed by atoms with van der Waals surface area (Å²) in [6, 6.07) is 23.3. The van der Waals surface area contributed by atoms with Gasteiger partial charge in [-0.2, -0.15) is 13.2 Å². The molecule has 0 bridgehead atoms. The van der Waals surface area contributed by atoms with Crippen LogP contribution in [0, 0.1) is 0 Å². The summed E-state index contributed by atoms with van der Waals surface area (Å²) in [7, 11) is -4.58. The predicted molar refractivity (Wildman–Crippen MR) is 184 cm³/mol. The second-order valence-corrected chi connectivity index (χ2v) is 14.5. The third-order valence-electron chi connectivity index (χ3n) is 8.40. The van der Waals surface area contributed by atoms with Crippen molar-refractivity contribution in [3.8, 4) is 0 Å². The van der Waals surface area contributed by atoms with Crippen molar-refractivity contribution in [3.63, 3.8) is 0 Å². The molecule has 4 aromatic carbocycles. The van der Waals surface area contributed by atoms with Gasteiger partial charge in [0.1, 0.15) is 12.6 Å². The Hall–Kier alpha value is -4.06. The van der Waals surface area contributed by atoms with Crippen LogP contribution in [0.25, 0.3) is 0 Å². The number of hydrogen-bond donors (Lipinski definition) is 1. The van der Waals surface area contributed by atoms with Crippen molar-refractivity contribution < 1.29 is 31.2 Å². The highest BCUT2D eigenvalue weighted by Gasteiger charge is 2.37. The number of benzene rings is 4. The molecule has 5 rings (SSSR count). The van der Waals surface area contributed by atoms with Gasteiger partial charge in [0.25, 0.3) is 10.0 Å². The number of alkyl halides is 3. The molecule has 0 unspecified atom stereocenters. The molecule has 1 aliphatic rings. The summed E-state index contributed by atoms with van der Waals surface area (Å²) in [5.41, 5.74) is -0.289. The number of hydrogen-bond acceptors (Lipinski definition) is 4. The highest BCUT2D eigenvalue weighted by molar-refractivity contribution is 7.92. The summed E-state index contributed by atoms with van der Waals surface area (Å²) in [4.78, 5) is 29.7. The van der Waals surface area contributed by atoms with Crippen molar-refractivity contribution in [3.05, 3.63) is 130 Å². The molecule has 0 heterocycles. The van der Waals surface area contributed by atoms with Gasteiger partial charge in [0.2, 0.25) is 11.8 Å². The van der Waals surface area contributed by atoms with Crippen molar-refractivity contribution in [2.75, 3.05) is 10.8 Å². The minimum atomic E-state index is -4.78. The lowest BCUT2D eigenvalue weighted by Gasteiger charge is -2.34. The molecule has 1 saturated carbocycles. The van der Waals surface area contributed by atoms with Gasteiger partial charge >= 0.3 is 6.18 Å². The normalized spacial score (nSPS) is 14.3. The number of nitrogens with zero attached hydrogens (tertiary/aromatic N) is 2. The Labute approximate surface area is 293 Å². The molecule has 1 atom stereocenters. The van der Waals surface area contributed by atoms with E-state index in [1.54, 1.807) is 30.3 Å². The average molecular weight is 733 g/mol. The van der Waals surface area contributed by atoms with Gasteiger partial charge in [-0.25, -0.2) is 8.42 Å². The topological polar surface area (TPSA) is 86.8 Å². The molecule has 49 heavy (non-hydrogen) atoms. The van der Waals surface area contributed by atoms with Crippen molar-refractivity contribution >= 4 is 50.7 Å². The van der Waals surface area contributed by atoms with E-state index in [2.05, 4.69) is 5.32 Å². The molecule has 0 aliphatic heterocycles. The van der Waals surface area contributed by atoms with E-state index in [1.165, 1.54) is 41.3 Å². The molecule has 0 spiro atoms. The lowest BCUT2D eigenvalue weighted by molar-refractivity contribution is -0.140. The minimum absolute atomic E-state index is 0.0747. The van der Waals surface area contributed by atoms with Crippen LogP contribution in [0.4, 0.5) is 18.9 Å². The van der Waals surface area contributed by atoms with Gasteiger partial charge < -0.3 is 10.2 Å². The average Bonchev–Trinajstić information content (AvgIpc) is 3.59. The Bertz CT molecular complexity index is 1870. The number of carbonyl (C=O) groups excluding carboxylic acids is 2. The third-order valence-corrected chi connectivity index (χ3v) is 10.8. The SMILES string of the molecule is O=C(NC1CCCC1)[C@@H](Cc1ccccc1)N(Cc1ccc(Cl)cc1Cl)C(=O)CN(c1cccc(C(F)(F)F)c1)S(=O)(=O)c1ccccc1. The van der Waals surface area contributed by atoms with Crippen molar-refractivity contribution in [1.29, 1.82) is 0 Å². The van der Waals surface area contributed by atoms with Crippen LogP contribution in [-0.2, 0) is 38.8 Å². The van der Waals surface area contributed by atoms with E-state index in [4.69, 9.17) is 23.2 Å². The van der Waals surface area contributed by atoms with Gasteiger partial charge in [-0.3, -0.25) is 13.9 Å². The summed E-state index contributed by atoms with van der Waals surface area (Å²) in [5.74, 6) is -1.27. The zero-order valence-electron chi connectivity index (χ0n) is 26.2. The quantitative estimate of drug-likeness (QED) is 0.161. The Kier molecular flexibility index (Phi) is 11.6. The molecule has 258 valence electrons. The molecular weight excluding hydrogens is 698 g/mol. The van der Waals surface area contributed by atoms with Gasteiger partial charge in [-0.05, 0) is 66.4 Å². The highest BCUT2D eigenvalue weighted by atomic mass is 35.5. The number of sulfonamides is 1. The van der Waals surface area contributed by atoms with E-state index in [0.717, 1.165) is 43.4 Å². The molecule has 2 amide bonds. The number of nitrogens with one attached hydrogen (secondary N) is 1. The summed E-state index contributed by atoms with van der Waals surface area (Å²) in [5, 5.41) is 3.62. The molecule has 0 saturated heterocycles. The second kappa shape index (κ2) is 15.7. The molecule has 0 radical (unpaired) electrons. The van der Waals surface area contributed by atoms with Crippen LogP contribution >= 0.6 is 23.2 Å². The number of rotatable bonds is 12. The number of carbonyl (C=O) groups is 2. The minimum Gasteiger partial charge on any atom is -0.352 e. The summed E-state index contributed by atoms with van der Waals surface area (Å²) in [6.07, 6.45) is -1.26. The lowest BCUT2D eigenvalue weighted by atomic mass is 10.0. The fourth-order valence-corrected chi connectivity index (χ4v) is 7.74. The van der Waals surface area contributed by atoms with Gasteiger partial charge in [0.15, 0.2) is 0 Å². The number of amides is 2. The number of halogens is 5. The Morgan fingerprint density at radius 3 is 2.14 bits per heavy atom. The van der Waals surface area contributed by atoms with Crippen LogP contribution in [0.15, 0.2) is 108 Å². The van der Waals surface area contributed by atoms with Crippen LogP contribution in [0.5, 0.6) is 0 Å². The second-order valence-electron chi connectivity index (χ2n) is 11.8. The first-order chi connectivity index (χ1) is 23.3. The maximum absolute atomic E-state index is 14.6. The molecule has 1 fully saturated rings. The Morgan fingerprint density at radius 1 is 0.857 bits per heavy atom. The monoisotopic (exact) mass is 731 g/mol. The van der Waals surface area contributed by atoms with Gasteiger partial charge in [0.05, 0.1) is 16.1 Å².